The Morgan fingerprint density at radius 2 is 2.11 bits per heavy atom. The van der Waals surface area contributed by atoms with Crippen molar-refractivity contribution in [2.24, 2.45) is 17.6 Å². The smallest absolute Gasteiger partial charge is 0.250 e. The van der Waals surface area contributed by atoms with Crippen LogP contribution in [0.1, 0.15) is 43.5 Å². The molecule has 0 bridgehead atoms. The molecule has 0 aliphatic heterocycles. The van der Waals surface area contributed by atoms with Gasteiger partial charge in [0.15, 0.2) is 0 Å². The van der Waals surface area contributed by atoms with Crippen LogP contribution in [0.3, 0.4) is 0 Å². The fourth-order valence-electron chi connectivity index (χ4n) is 2.90. The van der Waals surface area contributed by atoms with E-state index in [2.05, 4.69) is 19.2 Å². The minimum absolute atomic E-state index is 0.378. The van der Waals surface area contributed by atoms with Gasteiger partial charge in [0, 0.05) is 11.7 Å². The molecule has 0 aromatic heterocycles. The fourth-order valence-corrected chi connectivity index (χ4v) is 3.11. The van der Waals surface area contributed by atoms with Crippen LogP contribution >= 0.6 is 11.6 Å². The lowest BCUT2D eigenvalue weighted by molar-refractivity contribution is 0.100. The van der Waals surface area contributed by atoms with E-state index in [0.717, 1.165) is 18.0 Å². The molecule has 19 heavy (non-hydrogen) atoms. The van der Waals surface area contributed by atoms with Gasteiger partial charge >= 0.3 is 0 Å². The molecule has 1 aliphatic rings. The summed E-state index contributed by atoms with van der Waals surface area (Å²) in [6.45, 7) is 4.58. The van der Waals surface area contributed by atoms with E-state index in [4.69, 9.17) is 17.3 Å². The van der Waals surface area contributed by atoms with Gasteiger partial charge in [0.05, 0.1) is 10.6 Å². The number of halogens is 1. The largest absolute Gasteiger partial charge is 0.382 e. The van der Waals surface area contributed by atoms with E-state index < -0.39 is 5.91 Å². The van der Waals surface area contributed by atoms with Crippen molar-refractivity contribution < 1.29 is 4.79 Å². The normalized spacial score (nSPS) is 27.0. The molecule has 0 spiro atoms. The van der Waals surface area contributed by atoms with Crippen LogP contribution in [0.25, 0.3) is 0 Å². The van der Waals surface area contributed by atoms with Gasteiger partial charge in [-0.05, 0) is 49.3 Å². The number of hydrogen-bond acceptors (Lipinski definition) is 2. The van der Waals surface area contributed by atoms with Crippen LogP contribution < -0.4 is 11.1 Å². The topological polar surface area (TPSA) is 55.1 Å². The molecule has 0 heterocycles. The Hall–Kier alpha value is -1.22. The molecule has 4 heteroatoms. The summed E-state index contributed by atoms with van der Waals surface area (Å²) in [5.74, 6) is 0.954. The quantitative estimate of drug-likeness (QED) is 0.887. The highest BCUT2D eigenvalue weighted by atomic mass is 35.5. The lowest BCUT2D eigenvalue weighted by Crippen LogP contribution is -2.33. The average molecular weight is 281 g/mol. The lowest BCUT2D eigenvalue weighted by atomic mass is 9.80. The van der Waals surface area contributed by atoms with Crippen LogP contribution in [-0.4, -0.2) is 11.9 Å². The maximum Gasteiger partial charge on any atom is 0.250 e. The predicted molar refractivity (Wildman–Crippen MR) is 79.6 cm³/mol. The van der Waals surface area contributed by atoms with Gasteiger partial charge in [-0.3, -0.25) is 4.79 Å². The van der Waals surface area contributed by atoms with Gasteiger partial charge in [-0.2, -0.15) is 0 Å². The molecule has 1 amide bonds. The van der Waals surface area contributed by atoms with Crippen molar-refractivity contribution in [1.82, 2.24) is 0 Å². The summed E-state index contributed by atoms with van der Waals surface area (Å²) in [7, 11) is 0. The van der Waals surface area contributed by atoms with Gasteiger partial charge in [0.25, 0.3) is 0 Å². The van der Waals surface area contributed by atoms with Crippen LogP contribution in [0, 0.1) is 11.8 Å². The van der Waals surface area contributed by atoms with E-state index in [9.17, 15) is 4.79 Å². The number of benzene rings is 1. The molecular formula is C15H21ClN2O. The molecule has 1 aromatic rings. The van der Waals surface area contributed by atoms with Crippen LogP contribution in [0.4, 0.5) is 5.69 Å². The van der Waals surface area contributed by atoms with Gasteiger partial charge in [0.2, 0.25) is 5.91 Å². The number of carbonyl (C=O) groups excluding carboxylic acids is 1. The Bertz CT molecular complexity index is 475. The Labute approximate surface area is 119 Å². The first kappa shape index (κ1) is 14.2. The minimum Gasteiger partial charge on any atom is -0.382 e. The number of rotatable bonds is 3. The van der Waals surface area contributed by atoms with Gasteiger partial charge in [-0.25, -0.2) is 0 Å². The van der Waals surface area contributed by atoms with Gasteiger partial charge < -0.3 is 11.1 Å². The average Bonchev–Trinajstić information content (AvgIpc) is 2.34. The van der Waals surface area contributed by atoms with Crippen LogP contribution in [-0.2, 0) is 0 Å². The Kier molecular flexibility index (Phi) is 4.35. The second kappa shape index (κ2) is 5.83. The number of hydrogen-bond donors (Lipinski definition) is 2. The van der Waals surface area contributed by atoms with Crippen LogP contribution in [0.2, 0.25) is 5.02 Å². The number of carbonyl (C=O) groups is 1. The standard InChI is InChI=1S/C15H21ClN2O/c1-9-3-6-14(10(2)7-9)18-11-4-5-13(16)12(8-11)15(17)19/h4-5,8-10,14,18H,3,6-7H2,1-2H3,(H2,17,19). The van der Waals surface area contributed by atoms with E-state index in [1.54, 1.807) is 12.1 Å². The lowest BCUT2D eigenvalue weighted by Gasteiger charge is -2.34. The van der Waals surface area contributed by atoms with E-state index in [1.807, 2.05) is 6.07 Å². The number of nitrogens with one attached hydrogen (secondary N) is 1. The summed E-state index contributed by atoms with van der Waals surface area (Å²) in [6, 6.07) is 5.83. The van der Waals surface area contributed by atoms with Crippen molar-refractivity contribution in [2.75, 3.05) is 5.32 Å². The maximum atomic E-state index is 11.3. The monoisotopic (exact) mass is 280 g/mol. The second-order valence-electron chi connectivity index (χ2n) is 5.71. The van der Waals surface area contributed by atoms with E-state index in [1.165, 1.54) is 12.8 Å². The second-order valence-corrected chi connectivity index (χ2v) is 6.11. The van der Waals surface area contributed by atoms with E-state index in [0.29, 0.717) is 22.5 Å². The highest BCUT2D eigenvalue weighted by Gasteiger charge is 2.25. The maximum absolute atomic E-state index is 11.3. The first-order chi connectivity index (χ1) is 8.97. The molecule has 3 unspecified atom stereocenters. The van der Waals surface area contributed by atoms with Gasteiger partial charge in [0.1, 0.15) is 0 Å². The molecule has 2 rings (SSSR count). The molecule has 3 N–H and O–H groups in total. The zero-order valence-electron chi connectivity index (χ0n) is 11.4. The highest BCUT2D eigenvalue weighted by molar-refractivity contribution is 6.33. The number of amides is 1. The van der Waals surface area contributed by atoms with E-state index >= 15 is 0 Å². The van der Waals surface area contributed by atoms with Gasteiger partial charge in [-0.1, -0.05) is 25.4 Å². The van der Waals surface area contributed by atoms with Crippen molar-refractivity contribution in [3.63, 3.8) is 0 Å². The van der Waals surface area contributed by atoms with Crippen molar-refractivity contribution in [3.05, 3.63) is 28.8 Å². The minimum atomic E-state index is -0.487. The SMILES string of the molecule is CC1CCC(Nc2ccc(Cl)c(C(N)=O)c2)C(C)C1. The van der Waals surface area contributed by atoms with Crippen LogP contribution in [0.5, 0.6) is 0 Å². The van der Waals surface area contributed by atoms with Crippen molar-refractivity contribution in [3.8, 4) is 0 Å². The van der Waals surface area contributed by atoms with Crippen molar-refractivity contribution in [1.29, 1.82) is 0 Å². The summed E-state index contributed by atoms with van der Waals surface area (Å²) in [5, 5.41) is 3.91. The summed E-state index contributed by atoms with van der Waals surface area (Å²) in [4.78, 5) is 11.3. The number of anilines is 1. The Balaban J connectivity index is 2.11. The third kappa shape index (κ3) is 3.41. The molecule has 1 saturated carbocycles. The molecule has 0 saturated heterocycles. The molecule has 3 atom stereocenters. The molecule has 0 radical (unpaired) electrons. The molecule has 1 fully saturated rings. The summed E-state index contributed by atoms with van der Waals surface area (Å²) in [5.41, 5.74) is 6.61. The Morgan fingerprint density at radius 1 is 1.37 bits per heavy atom. The highest BCUT2D eigenvalue weighted by Crippen LogP contribution is 2.31. The number of nitrogens with two attached hydrogens (primary N) is 1. The summed E-state index contributed by atoms with van der Waals surface area (Å²) < 4.78 is 0. The molecule has 1 aliphatic carbocycles. The third-order valence-corrected chi connectivity index (χ3v) is 4.34. The van der Waals surface area contributed by atoms with Gasteiger partial charge in [-0.15, -0.1) is 0 Å². The van der Waals surface area contributed by atoms with Crippen molar-refractivity contribution in [2.45, 2.75) is 39.2 Å². The van der Waals surface area contributed by atoms with Crippen molar-refractivity contribution >= 4 is 23.2 Å². The first-order valence-corrected chi connectivity index (χ1v) is 7.21. The zero-order valence-corrected chi connectivity index (χ0v) is 12.2. The first-order valence-electron chi connectivity index (χ1n) is 6.83. The molecular weight excluding hydrogens is 260 g/mol. The summed E-state index contributed by atoms with van der Waals surface area (Å²) >= 11 is 5.95. The zero-order chi connectivity index (χ0) is 14.0. The fraction of sp³-hybridized carbons (Fsp3) is 0.533. The molecule has 104 valence electrons. The molecule has 3 nitrogen and oxygen atoms in total. The van der Waals surface area contributed by atoms with Crippen LogP contribution in [0.15, 0.2) is 18.2 Å². The molecule has 1 aromatic carbocycles. The van der Waals surface area contributed by atoms with E-state index in [-0.39, 0.29) is 0 Å². The number of primary amides is 1. The third-order valence-electron chi connectivity index (χ3n) is 4.02. The predicted octanol–water partition coefficient (Wildman–Crippen LogP) is 3.68. The summed E-state index contributed by atoms with van der Waals surface area (Å²) in [6.07, 6.45) is 3.66. The Morgan fingerprint density at radius 3 is 2.74 bits per heavy atom.